The molecule has 0 aliphatic heterocycles. The molecule has 1 unspecified atom stereocenters. The number of hydrogen-bond donors (Lipinski definition) is 4. The van der Waals surface area contributed by atoms with Gasteiger partial charge in [-0.3, -0.25) is 0 Å². The molecule has 0 saturated carbocycles. The molecule has 0 aliphatic carbocycles. The van der Waals surface area contributed by atoms with Crippen molar-refractivity contribution >= 4 is 11.6 Å². The first kappa shape index (κ1) is 10.7. The average Bonchev–Trinajstić information content (AvgIpc) is 2.21. The molecule has 1 aromatic rings. The summed E-state index contributed by atoms with van der Waals surface area (Å²) < 4.78 is 0. The van der Waals surface area contributed by atoms with E-state index in [2.05, 4.69) is 20.7 Å². The predicted octanol–water partition coefficient (Wildman–Crippen LogP) is -0.137. The van der Waals surface area contributed by atoms with Crippen LogP contribution in [-0.4, -0.2) is 27.7 Å². The Hall–Kier alpha value is -1.40. The van der Waals surface area contributed by atoms with Crippen molar-refractivity contribution in [1.82, 2.24) is 9.97 Å². The van der Waals surface area contributed by atoms with Crippen LogP contribution in [-0.2, 0) is 0 Å². The number of nitrogen functional groups attached to an aromatic ring is 1. The molecule has 1 atom stereocenters. The van der Waals surface area contributed by atoms with Crippen molar-refractivity contribution in [3.63, 3.8) is 0 Å². The number of rotatable bonds is 4. The number of anilines is 2. The number of aliphatic hydroxyl groups is 1. The largest absolute Gasteiger partial charge is 0.394 e. The number of aliphatic hydroxyl groups excluding tert-OH is 1. The van der Waals surface area contributed by atoms with Gasteiger partial charge in [-0.25, -0.2) is 15.8 Å². The molecule has 0 bridgehead atoms. The van der Waals surface area contributed by atoms with E-state index < -0.39 is 0 Å². The molecule has 5 N–H and O–H groups in total. The third kappa shape index (κ3) is 2.30. The number of hydrazine groups is 1. The molecule has 0 amide bonds. The van der Waals surface area contributed by atoms with Crippen molar-refractivity contribution in [2.45, 2.75) is 19.9 Å². The molecule has 1 heterocycles. The van der Waals surface area contributed by atoms with E-state index >= 15 is 0 Å². The van der Waals surface area contributed by atoms with Gasteiger partial charge in [0.05, 0.1) is 6.61 Å². The Morgan fingerprint density at radius 1 is 1.50 bits per heavy atom. The highest BCUT2D eigenvalue weighted by molar-refractivity contribution is 5.56. The Labute approximate surface area is 82.5 Å². The molecule has 0 spiro atoms. The maximum Gasteiger partial charge on any atom is 0.148 e. The predicted molar refractivity (Wildman–Crippen MR) is 54.7 cm³/mol. The molecule has 1 rings (SSSR count). The summed E-state index contributed by atoms with van der Waals surface area (Å²) in [6.45, 7) is 3.76. The zero-order valence-corrected chi connectivity index (χ0v) is 8.28. The summed E-state index contributed by atoms with van der Waals surface area (Å²) in [5, 5.41) is 11.9. The van der Waals surface area contributed by atoms with Crippen LogP contribution in [0.15, 0.2) is 6.33 Å². The first-order valence-corrected chi connectivity index (χ1v) is 4.34. The normalized spacial score (nSPS) is 12.3. The van der Waals surface area contributed by atoms with E-state index in [1.54, 1.807) is 0 Å². The van der Waals surface area contributed by atoms with E-state index in [9.17, 15) is 0 Å². The molecular formula is C8H15N5O. The smallest absolute Gasteiger partial charge is 0.148 e. The van der Waals surface area contributed by atoms with Gasteiger partial charge in [0.15, 0.2) is 0 Å². The fourth-order valence-electron chi connectivity index (χ4n) is 1.02. The van der Waals surface area contributed by atoms with Gasteiger partial charge in [0.1, 0.15) is 18.0 Å². The van der Waals surface area contributed by atoms with Gasteiger partial charge < -0.3 is 15.8 Å². The zero-order chi connectivity index (χ0) is 10.6. The SMILES string of the molecule is Cc1c(NN)ncnc1NC(C)CO. The minimum absolute atomic E-state index is 0.0470. The van der Waals surface area contributed by atoms with Gasteiger partial charge in [-0.15, -0.1) is 0 Å². The molecule has 0 saturated heterocycles. The van der Waals surface area contributed by atoms with Crippen LogP contribution >= 0.6 is 0 Å². The van der Waals surface area contributed by atoms with E-state index in [1.165, 1.54) is 6.33 Å². The summed E-state index contributed by atoms with van der Waals surface area (Å²) in [6.07, 6.45) is 1.41. The second-order valence-electron chi connectivity index (χ2n) is 3.07. The van der Waals surface area contributed by atoms with Crippen LogP contribution in [0.2, 0.25) is 0 Å². The van der Waals surface area contributed by atoms with Crippen molar-refractivity contribution in [2.24, 2.45) is 5.84 Å². The topological polar surface area (TPSA) is 96.1 Å². The Balaban J connectivity index is 2.86. The lowest BCUT2D eigenvalue weighted by atomic mass is 10.3. The van der Waals surface area contributed by atoms with Crippen LogP contribution in [0.1, 0.15) is 12.5 Å². The van der Waals surface area contributed by atoms with Gasteiger partial charge in [-0.1, -0.05) is 0 Å². The Morgan fingerprint density at radius 3 is 2.71 bits per heavy atom. The first-order chi connectivity index (χ1) is 6.69. The fourth-order valence-corrected chi connectivity index (χ4v) is 1.02. The maximum absolute atomic E-state index is 8.87. The minimum atomic E-state index is -0.0470. The van der Waals surface area contributed by atoms with Crippen LogP contribution in [0.5, 0.6) is 0 Å². The van der Waals surface area contributed by atoms with Crippen molar-refractivity contribution in [1.29, 1.82) is 0 Å². The lowest BCUT2D eigenvalue weighted by Crippen LogP contribution is -2.21. The lowest BCUT2D eigenvalue weighted by Gasteiger charge is -2.14. The van der Waals surface area contributed by atoms with Gasteiger partial charge >= 0.3 is 0 Å². The monoisotopic (exact) mass is 197 g/mol. The molecule has 1 aromatic heterocycles. The summed E-state index contributed by atoms with van der Waals surface area (Å²) in [7, 11) is 0. The molecule has 0 radical (unpaired) electrons. The third-order valence-corrected chi connectivity index (χ3v) is 1.88. The zero-order valence-electron chi connectivity index (χ0n) is 8.28. The highest BCUT2D eigenvalue weighted by atomic mass is 16.3. The van der Waals surface area contributed by atoms with E-state index in [1.807, 2.05) is 13.8 Å². The summed E-state index contributed by atoms with van der Waals surface area (Å²) >= 11 is 0. The highest BCUT2D eigenvalue weighted by Gasteiger charge is 2.07. The van der Waals surface area contributed by atoms with E-state index in [4.69, 9.17) is 10.9 Å². The van der Waals surface area contributed by atoms with Gasteiger partial charge in [0.2, 0.25) is 0 Å². The molecule has 78 valence electrons. The number of hydrogen-bond acceptors (Lipinski definition) is 6. The van der Waals surface area contributed by atoms with Crippen LogP contribution in [0, 0.1) is 6.92 Å². The molecule has 0 aromatic carbocycles. The summed E-state index contributed by atoms with van der Waals surface area (Å²) in [5.41, 5.74) is 3.30. The van der Waals surface area contributed by atoms with E-state index in [-0.39, 0.29) is 12.6 Å². The van der Waals surface area contributed by atoms with Crippen molar-refractivity contribution < 1.29 is 5.11 Å². The minimum Gasteiger partial charge on any atom is -0.394 e. The van der Waals surface area contributed by atoms with Crippen molar-refractivity contribution in [3.8, 4) is 0 Å². The first-order valence-electron chi connectivity index (χ1n) is 4.34. The summed E-state index contributed by atoms with van der Waals surface area (Å²) in [4.78, 5) is 7.99. The molecule has 6 heteroatoms. The molecule has 6 nitrogen and oxygen atoms in total. The van der Waals surface area contributed by atoms with Gasteiger partial charge in [-0.05, 0) is 13.8 Å². The second-order valence-corrected chi connectivity index (χ2v) is 3.07. The van der Waals surface area contributed by atoms with Crippen LogP contribution < -0.4 is 16.6 Å². The number of nitrogens with one attached hydrogen (secondary N) is 2. The molecular weight excluding hydrogens is 182 g/mol. The third-order valence-electron chi connectivity index (χ3n) is 1.88. The number of aromatic nitrogens is 2. The Morgan fingerprint density at radius 2 is 2.14 bits per heavy atom. The maximum atomic E-state index is 8.87. The number of nitrogens with zero attached hydrogens (tertiary/aromatic N) is 2. The van der Waals surface area contributed by atoms with Gasteiger partial charge in [0, 0.05) is 11.6 Å². The Kier molecular flexibility index (Phi) is 3.61. The van der Waals surface area contributed by atoms with Crippen LogP contribution in [0.25, 0.3) is 0 Å². The standard InChI is InChI=1S/C8H15N5O/c1-5(3-14)12-7-6(2)8(13-9)11-4-10-7/h4-5,14H,3,9H2,1-2H3,(H2,10,11,12,13). The van der Waals surface area contributed by atoms with E-state index in [0.717, 1.165) is 5.56 Å². The highest BCUT2D eigenvalue weighted by Crippen LogP contribution is 2.17. The average molecular weight is 197 g/mol. The number of nitrogens with two attached hydrogens (primary N) is 1. The van der Waals surface area contributed by atoms with Crippen LogP contribution in [0.4, 0.5) is 11.6 Å². The summed E-state index contributed by atoms with van der Waals surface area (Å²) in [5.74, 6) is 6.52. The second kappa shape index (κ2) is 4.73. The lowest BCUT2D eigenvalue weighted by molar-refractivity contribution is 0.281. The van der Waals surface area contributed by atoms with E-state index in [0.29, 0.717) is 11.6 Å². The van der Waals surface area contributed by atoms with Crippen molar-refractivity contribution in [2.75, 3.05) is 17.3 Å². The van der Waals surface area contributed by atoms with Crippen molar-refractivity contribution in [3.05, 3.63) is 11.9 Å². The van der Waals surface area contributed by atoms with Gasteiger partial charge in [0.25, 0.3) is 0 Å². The van der Waals surface area contributed by atoms with Gasteiger partial charge in [-0.2, -0.15) is 0 Å². The molecule has 0 aliphatic rings. The quantitative estimate of drug-likeness (QED) is 0.396. The Bertz CT molecular complexity index is 304. The molecule has 0 fully saturated rings. The van der Waals surface area contributed by atoms with Crippen LogP contribution in [0.3, 0.4) is 0 Å². The molecule has 14 heavy (non-hydrogen) atoms. The summed E-state index contributed by atoms with van der Waals surface area (Å²) in [6, 6.07) is -0.0470. The fraction of sp³-hybridized carbons (Fsp3) is 0.500.